The molecule has 1 fully saturated rings. The molecule has 5 nitrogen and oxygen atoms in total. The maximum absolute atomic E-state index is 11.5. The molecule has 0 unspecified atom stereocenters. The van der Waals surface area contributed by atoms with Gasteiger partial charge in [0.1, 0.15) is 5.60 Å². The summed E-state index contributed by atoms with van der Waals surface area (Å²) in [5.41, 5.74) is -0.467. The number of carbonyl (C=O) groups excluding carboxylic acids is 1. The standard InChI is InChI=1S/C9H17N2O3/c1-9(2,3)14-8(12)10-4-6-11(13)7-5-10/h4-7H2,1-3H3/q-1. The lowest BCUT2D eigenvalue weighted by molar-refractivity contribution is 0.0177. The molecule has 0 saturated carbocycles. The zero-order valence-corrected chi connectivity index (χ0v) is 8.95. The maximum Gasteiger partial charge on any atom is 0.410 e. The van der Waals surface area contributed by atoms with Gasteiger partial charge >= 0.3 is 6.09 Å². The van der Waals surface area contributed by atoms with E-state index in [0.29, 0.717) is 26.2 Å². The SMILES string of the molecule is CC(C)(C)OC(=O)N1CCN([O-])CC1. The molecule has 82 valence electrons. The van der Waals surface area contributed by atoms with E-state index in [1.54, 1.807) is 4.90 Å². The first-order valence-corrected chi connectivity index (χ1v) is 4.78. The molecule has 1 saturated heterocycles. The minimum atomic E-state index is -0.467. The van der Waals surface area contributed by atoms with Crippen LogP contribution in [0, 0.1) is 5.21 Å². The summed E-state index contributed by atoms with van der Waals surface area (Å²) in [5.74, 6) is 0. The first-order valence-electron chi connectivity index (χ1n) is 4.78. The molecule has 0 radical (unpaired) electrons. The van der Waals surface area contributed by atoms with Crippen molar-refractivity contribution in [1.29, 1.82) is 0 Å². The fourth-order valence-corrected chi connectivity index (χ4v) is 1.20. The third-order valence-electron chi connectivity index (χ3n) is 1.89. The minimum Gasteiger partial charge on any atom is -0.785 e. The highest BCUT2D eigenvalue weighted by molar-refractivity contribution is 5.68. The topological polar surface area (TPSA) is 55.8 Å². The Morgan fingerprint density at radius 2 is 1.71 bits per heavy atom. The third-order valence-corrected chi connectivity index (χ3v) is 1.89. The van der Waals surface area contributed by atoms with Crippen molar-refractivity contribution in [2.24, 2.45) is 0 Å². The molecular formula is C9H17N2O3-. The molecule has 0 aromatic rings. The molecule has 1 aliphatic heterocycles. The summed E-state index contributed by atoms with van der Waals surface area (Å²) in [5, 5.41) is 11.8. The number of piperazine rings is 1. The first kappa shape index (κ1) is 11.3. The fraction of sp³-hybridized carbons (Fsp3) is 0.889. The quantitative estimate of drug-likeness (QED) is 0.587. The van der Waals surface area contributed by atoms with Gasteiger partial charge in [0, 0.05) is 26.2 Å². The summed E-state index contributed by atoms with van der Waals surface area (Å²) < 4.78 is 5.18. The van der Waals surface area contributed by atoms with Crippen LogP contribution >= 0.6 is 0 Å². The van der Waals surface area contributed by atoms with Crippen molar-refractivity contribution in [3.63, 3.8) is 0 Å². The summed E-state index contributed by atoms with van der Waals surface area (Å²) in [6, 6.07) is 0. The molecule has 0 aliphatic carbocycles. The van der Waals surface area contributed by atoms with Crippen LogP contribution in [-0.4, -0.2) is 47.8 Å². The molecule has 0 bridgehead atoms. The van der Waals surface area contributed by atoms with Gasteiger partial charge in [0.05, 0.1) is 0 Å². The van der Waals surface area contributed by atoms with Gasteiger partial charge in [-0.05, 0) is 20.8 Å². The number of carbonyl (C=O) groups is 1. The Morgan fingerprint density at radius 3 is 2.14 bits per heavy atom. The average Bonchev–Trinajstić information content (AvgIpc) is 2.02. The Kier molecular flexibility index (Phi) is 3.34. The van der Waals surface area contributed by atoms with Gasteiger partial charge in [-0.1, -0.05) is 0 Å². The van der Waals surface area contributed by atoms with Crippen LogP contribution in [0.3, 0.4) is 0 Å². The molecule has 0 N–H and O–H groups in total. The van der Waals surface area contributed by atoms with Gasteiger partial charge in [-0.25, -0.2) is 4.79 Å². The third kappa shape index (κ3) is 3.51. The van der Waals surface area contributed by atoms with Crippen LogP contribution in [0.1, 0.15) is 20.8 Å². The van der Waals surface area contributed by atoms with Gasteiger partial charge in [-0.3, -0.25) is 0 Å². The number of hydrogen-bond acceptors (Lipinski definition) is 4. The smallest absolute Gasteiger partial charge is 0.410 e. The number of nitrogens with zero attached hydrogens (tertiary/aromatic N) is 2. The van der Waals surface area contributed by atoms with Crippen molar-refractivity contribution in [1.82, 2.24) is 9.96 Å². The second kappa shape index (κ2) is 4.14. The number of hydrogen-bond donors (Lipinski definition) is 0. The average molecular weight is 201 g/mol. The van der Waals surface area contributed by atoms with E-state index >= 15 is 0 Å². The summed E-state index contributed by atoms with van der Waals surface area (Å²) in [6.45, 7) is 7.15. The fourth-order valence-electron chi connectivity index (χ4n) is 1.20. The van der Waals surface area contributed by atoms with Gasteiger partial charge in [0.25, 0.3) is 0 Å². The normalized spacial score (nSPS) is 19.6. The van der Waals surface area contributed by atoms with Gasteiger partial charge < -0.3 is 19.9 Å². The van der Waals surface area contributed by atoms with Crippen LogP contribution in [0.5, 0.6) is 0 Å². The molecule has 0 spiro atoms. The van der Waals surface area contributed by atoms with Gasteiger partial charge in [-0.15, -0.1) is 0 Å². The van der Waals surface area contributed by atoms with E-state index in [1.165, 1.54) is 0 Å². The van der Waals surface area contributed by atoms with E-state index in [9.17, 15) is 10.0 Å². The van der Waals surface area contributed by atoms with Gasteiger partial charge in [0.15, 0.2) is 0 Å². The Hall–Kier alpha value is -0.810. The molecule has 14 heavy (non-hydrogen) atoms. The van der Waals surface area contributed by atoms with Crippen molar-refractivity contribution in [3.05, 3.63) is 5.21 Å². The molecule has 0 aromatic carbocycles. The van der Waals surface area contributed by atoms with Crippen LogP contribution in [0.25, 0.3) is 0 Å². The van der Waals surface area contributed by atoms with Crippen LogP contribution in [0.15, 0.2) is 0 Å². The van der Waals surface area contributed by atoms with E-state index in [0.717, 1.165) is 5.06 Å². The second-order valence-electron chi connectivity index (χ2n) is 4.40. The molecule has 1 heterocycles. The van der Waals surface area contributed by atoms with Crippen LogP contribution < -0.4 is 0 Å². The zero-order valence-electron chi connectivity index (χ0n) is 8.95. The first-order chi connectivity index (χ1) is 6.38. The lowest BCUT2D eigenvalue weighted by Crippen LogP contribution is -2.48. The Morgan fingerprint density at radius 1 is 1.21 bits per heavy atom. The van der Waals surface area contributed by atoms with Crippen molar-refractivity contribution in [2.75, 3.05) is 26.2 Å². The molecule has 1 aliphatic rings. The van der Waals surface area contributed by atoms with E-state index in [1.807, 2.05) is 20.8 Å². The molecular weight excluding hydrogens is 184 g/mol. The highest BCUT2D eigenvalue weighted by Gasteiger charge is 2.23. The van der Waals surface area contributed by atoms with Crippen molar-refractivity contribution < 1.29 is 9.53 Å². The Balaban J connectivity index is 2.38. The molecule has 1 amide bonds. The largest absolute Gasteiger partial charge is 0.785 e. The lowest BCUT2D eigenvalue weighted by Gasteiger charge is -2.38. The molecule has 5 heteroatoms. The van der Waals surface area contributed by atoms with Crippen molar-refractivity contribution >= 4 is 6.09 Å². The second-order valence-corrected chi connectivity index (χ2v) is 4.40. The Labute approximate surface area is 84.2 Å². The van der Waals surface area contributed by atoms with Crippen molar-refractivity contribution in [3.8, 4) is 0 Å². The van der Waals surface area contributed by atoms with Crippen molar-refractivity contribution in [2.45, 2.75) is 26.4 Å². The van der Waals surface area contributed by atoms with Crippen LogP contribution in [-0.2, 0) is 4.74 Å². The molecule has 1 rings (SSSR count). The predicted octanol–water partition coefficient (Wildman–Crippen LogP) is 1.04. The minimum absolute atomic E-state index is 0.328. The number of amides is 1. The van der Waals surface area contributed by atoms with E-state index in [4.69, 9.17) is 4.74 Å². The molecule has 0 atom stereocenters. The number of ether oxygens (including phenoxy) is 1. The summed E-state index contributed by atoms with van der Waals surface area (Å²) in [7, 11) is 0. The van der Waals surface area contributed by atoms with E-state index in [2.05, 4.69) is 0 Å². The molecule has 0 aromatic heterocycles. The monoisotopic (exact) mass is 201 g/mol. The highest BCUT2D eigenvalue weighted by atomic mass is 16.6. The summed E-state index contributed by atoms with van der Waals surface area (Å²) >= 11 is 0. The van der Waals surface area contributed by atoms with Gasteiger partial charge in [0.2, 0.25) is 0 Å². The number of rotatable bonds is 0. The summed E-state index contributed by atoms with van der Waals surface area (Å²) in [6.07, 6.45) is -0.328. The summed E-state index contributed by atoms with van der Waals surface area (Å²) in [4.78, 5) is 13.1. The Bertz CT molecular complexity index is 205. The van der Waals surface area contributed by atoms with Crippen LogP contribution in [0.2, 0.25) is 0 Å². The predicted molar refractivity (Wildman–Crippen MR) is 52.7 cm³/mol. The maximum atomic E-state index is 11.5. The lowest BCUT2D eigenvalue weighted by atomic mass is 10.2. The van der Waals surface area contributed by atoms with E-state index < -0.39 is 5.60 Å². The highest BCUT2D eigenvalue weighted by Crippen LogP contribution is 2.11. The number of hydroxylamine groups is 2. The zero-order chi connectivity index (χ0) is 10.8. The van der Waals surface area contributed by atoms with Crippen LogP contribution in [0.4, 0.5) is 4.79 Å². The van der Waals surface area contributed by atoms with E-state index in [-0.39, 0.29) is 6.09 Å². The van der Waals surface area contributed by atoms with Gasteiger partial charge in [-0.2, -0.15) is 0 Å².